The summed E-state index contributed by atoms with van der Waals surface area (Å²) in [6.07, 6.45) is 3.48. The third kappa shape index (κ3) is 3.45. The van der Waals surface area contributed by atoms with E-state index in [2.05, 4.69) is 37.3 Å². The number of piperidine rings is 1. The normalized spacial score (nSPS) is 21.6. The zero-order valence-electron chi connectivity index (χ0n) is 10.9. The molecule has 0 aliphatic carbocycles. The Balaban J connectivity index is 1.92. The molecule has 1 heterocycles. The number of thiocarbonyl (C=S) groups is 1. The molecule has 1 aliphatic heterocycles. The van der Waals surface area contributed by atoms with Crippen molar-refractivity contribution in [3.8, 4) is 0 Å². The Morgan fingerprint density at radius 3 is 2.83 bits per heavy atom. The molecule has 1 aromatic carbocycles. The van der Waals surface area contributed by atoms with E-state index in [4.69, 9.17) is 12.2 Å². The van der Waals surface area contributed by atoms with Crippen LogP contribution in [0.25, 0.3) is 0 Å². The highest BCUT2D eigenvalue weighted by molar-refractivity contribution is 7.79. The van der Waals surface area contributed by atoms with Crippen molar-refractivity contribution >= 4 is 17.4 Å². The lowest BCUT2D eigenvalue weighted by Gasteiger charge is -2.35. The van der Waals surface area contributed by atoms with Crippen molar-refractivity contribution in [3.05, 3.63) is 35.9 Å². The van der Waals surface area contributed by atoms with Gasteiger partial charge in [0.15, 0.2) is 0 Å². The van der Waals surface area contributed by atoms with Crippen molar-refractivity contribution in [2.75, 3.05) is 13.1 Å². The molecule has 0 amide bonds. The van der Waals surface area contributed by atoms with Crippen LogP contribution in [0.5, 0.6) is 0 Å². The maximum Gasteiger partial charge on any atom is 0.256 e. The van der Waals surface area contributed by atoms with Crippen molar-refractivity contribution in [3.63, 3.8) is 0 Å². The lowest BCUT2D eigenvalue weighted by atomic mass is 9.83. The highest BCUT2D eigenvalue weighted by atomic mass is 32.1. The van der Waals surface area contributed by atoms with Gasteiger partial charge in [0, 0.05) is 13.1 Å². The van der Waals surface area contributed by atoms with Crippen molar-refractivity contribution in [2.45, 2.75) is 26.2 Å². The van der Waals surface area contributed by atoms with Gasteiger partial charge in [0.25, 0.3) is 5.17 Å². The van der Waals surface area contributed by atoms with Crippen LogP contribution in [0.2, 0.25) is 0 Å². The Bertz CT molecular complexity index is 393. The maximum atomic E-state index is 9.42. The second kappa shape index (κ2) is 6.19. The zero-order chi connectivity index (χ0) is 13.0. The zero-order valence-corrected chi connectivity index (χ0v) is 11.7. The van der Waals surface area contributed by atoms with Crippen LogP contribution >= 0.6 is 12.2 Å². The van der Waals surface area contributed by atoms with Crippen LogP contribution in [0.3, 0.4) is 0 Å². The molecule has 2 unspecified atom stereocenters. The molecule has 2 rings (SSSR count). The summed E-state index contributed by atoms with van der Waals surface area (Å²) in [5.74, 6) is 1.26. The second-order valence-corrected chi connectivity index (χ2v) is 5.66. The van der Waals surface area contributed by atoms with Gasteiger partial charge in [-0.15, -0.1) is 0 Å². The van der Waals surface area contributed by atoms with Gasteiger partial charge in [0.2, 0.25) is 0 Å². The van der Waals surface area contributed by atoms with Crippen molar-refractivity contribution < 1.29 is 5.11 Å². The average Bonchev–Trinajstić information content (AvgIpc) is 2.40. The molecule has 1 saturated heterocycles. The van der Waals surface area contributed by atoms with Gasteiger partial charge >= 0.3 is 0 Å². The maximum absolute atomic E-state index is 9.42. The summed E-state index contributed by atoms with van der Waals surface area (Å²) in [6.45, 7) is 4.12. The molecule has 0 aromatic heterocycles. The number of aliphatic hydroxyl groups excluding tert-OH is 1. The molecule has 0 radical (unpaired) electrons. The lowest BCUT2D eigenvalue weighted by molar-refractivity contribution is 0.184. The molecule has 1 aromatic rings. The first-order valence-electron chi connectivity index (χ1n) is 6.68. The number of rotatable bonds is 3. The Labute approximate surface area is 115 Å². The van der Waals surface area contributed by atoms with Gasteiger partial charge in [-0.05, 0) is 48.9 Å². The van der Waals surface area contributed by atoms with Crippen molar-refractivity contribution in [2.24, 2.45) is 11.8 Å². The third-order valence-corrected chi connectivity index (χ3v) is 4.19. The van der Waals surface area contributed by atoms with Gasteiger partial charge in [-0.1, -0.05) is 37.3 Å². The molecule has 0 spiro atoms. The predicted octanol–water partition coefficient (Wildman–Crippen LogP) is 3.42. The summed E-state index contributed by atoms with van der Waals surface area (Å²) < 4.78 is 0. The number of aliphatic hydroxyl groups is 1. The summed E-state index contributed by atoms with van der Waals surface area (Å²) in [7, 11) is 0. The minimum Gasteiger partial charge on any atom is -0.487 e. The highest BCUT2D eigenvalue weighted by Crippen LogP contribution is 2.26. The fourth-order valence-corrected chi connectivity index (χ4v) is 2.97. The van der Waals surface area contributed by atoms with Crippen molar-refractivity contribution in [1.29, 1.82) is 0 Å². The van der Waals surface area contributed by atoms with E-state index in [1.807, 2.05) is 4.90 Å². The number of nitrogens with zero attached hydrogens (tertiary/aromatic N) is 1. The number of likely N-dealkylation sites (tertiary alicyclic amines) is 1. The van der Waals surface area contributed by atoms with Crippen LogP contribution in [0.4, 0.5) is 0 Å². The lowest BCUT2D eigenvalue weighted by Crippen LogP contribution is -2.41. The first-order valence-corrected chi connectivity index (χ1v) is 7.09. The van der Waals surface area contributed by atoms with E-state index >= 15 is 0 Å². The average molecular weight is 263 g/mol. The molecular weight excluding hydrogens is 242 g/mol. The monoisotopic (exact) mass is 263 g/mol. The largest absolute Gasteiger partial charge is 0.487 e. The first-order chi connectivity index (χ1) is 8.66. The summed E-state index contributed by atoms with van der Waals surface area (Å²) >= 11 is 4.87. The van der Waals surface area contributed by atoms with Gasteiger partial charge in [-0.3, -0.25) is 0 Å². The van der Waals surface area contributed by atoms with Crippen LogP contribution in [0.15, 0.2) is 30.3 Å². The Morgan fingerprint density at radius 1 is 1.44 bits per heavy atom. The van der Waals surface area contributed by atoms with E-state index in [1.54, 1.807) is 0 Å². The van der Waals surface area contributed by atoms with E-state index in [-0.39, 0.29) is 5.17 Å². The first kappa shape index (κ1) is 13.3. The van der Waals surface area contributed by atoms with E-state index in [0.717, 1.165) is 25.9 Å². The summed E-state index contributed by atoms with van der Waals surface area (Å²) in [5.41, 5.74) is 1.40. The van der Waals surface area contributed by atoms with Crippen LogP contribution in [-0.4, -0.2) is 28.3 Å². The summed E-state index contributed by atoms with van der Waals surface area (Å²) in [5, 5.41) is 9.49. The van der Waals surface area contributed by atoms with Crippen LogP contribution in [0, 0.1) is 11.8 Å². The fourth-order valence-electron chi connectivity index (χ4n) is 2.80. The summed E-state index contributed by atoms with van der Waals surface area (Å²) in [4.78, 5) is 1.94. The fraction of sp³-hybridized carbons (Fsp3) is 0.533. The van der Waals surface area contributed by atoms with Gasteiger partial charge in [-0.25, -0.2) is 0 Å². The smallest absolute Gasteiger partial charge is 0.256 e. The van der Waals surface area contributed by atoms with Gasteiger partial charge in [0.1, 0.15) is 0 Å². The molecule has 3 heteroatoms. The minimum atomic E-state index is 0.0617. The molecule has 2 atom stereocenters. The van der Waals surface area contributed by atoms with E-state index in [0.29, 0.717) is 11.8 Å². The van der Waals surface area contributed by atoms with Gasteiger partial charge < -0.3 is 10.0 Å². The number of hydrogen-bond donors (Lipinski definition) is 1. The highest BCUT2D eigenvalue weighted by Gasteiger charge is 2.25. The molecule has 1 N–H and O–H groups in total. The number of benzene rings is 1. The molecule has 0 bridgehead atoms. The summed E-state index contributed by atoms with van der Waals surface area (Å²) in [6, 6.07) is 10.6. The molecule has 2 nitrogen and oxygen atoms in total. The Kier molecular flexibility index (Phi) is 4.59. The van der Waals surface area contributed by atoms with E-state index in [1.165, 1.54) is 12.0 Å². The van der Waals surface area contributed by atoms with E-state index < -0.39 is 0 Å². The molecule has 0 saturated carbocycles. The van der Waals surface area contributed by atoms with E-state index in [9.17, 15) is 5.11 Å². The van der Waals surface area contributed by atoms with Crippen LogP contribution in [-0.2, 0) is 6.42 Å². The van der Waals surface area contributed by atoms with Gasteiger partial charge in [-0.2, -0.15) is 0 Å². The SMILES string of the molecule is CC(Cc1ccccc1)C1CCCN(C(O)=S)C1. The molecule has 1 aliphatic rings. The standard InChI is InChI=1S/C15H21NOS/c1-12(10-13-6-3-2-4-7-13)14-8-5-9-16(11-14)15(17)18/h2-4,6-7,12,14H,5,8-11H2,1H3,(H,17,18). The minimum absolute atomic E-state index is 0.0617. The molecule has 18 heavy (non-hydrogen) atoms. The molecule has 1 fully saturated rings. The predicted molar refractivity (Wildman–Crippen MR) is 78.8 cm³/mol. The second-order valence-electron chi connectivity index (χ2n) is 5.30. The third-order valence-electron chi connectivity index (χ3n) is 3.93. The Hall–Kier alpha value is -1.09. The molecular formula is C15H21NOS. The number of hydrogen-bond acceptors (Lipinski definition) is 1. The van der Waals surface area contributed by atoms with Crippen LogP contribution in [0.1, 0.15) is 25.3 Å². The molecule has 98 valence electrons. The topological polar surface area (TPSA) is 23.5 Å². The van der Waals surface area contributed by atoms with Crippen LogP contribution < -0.4 is 0 Å². The Morgan fingerprint density at radius 2 is 2.17 bits per heavy atom. The van der Waals surface area contributed by atoms with Crippen molar-refractivity contribution in [1.82, 2.24) is 4.90 Å². The van der Waals surface area contributed by atoms with Gasteiger partial charge in [0.05, 0.1) is 0 Å². The quantitative estimate of drug-likeness (QED) is 0.845.